The summed E-state index contributed by atoms with van der Waals surface area (Å²) < 4.78 is 0. The van der Waals surface area contributed by atoms with Gasteiger partial charge in [0.05, 0.1) is 12.1 Å². The lowest BCUT2D eigenvalue weighted by molar-refractivity contribution is 0.164. The van der Waals surface area contributed by atoms with Gasteiger partial charge in [0, 0.05) is 5.69 Å². The van der Waals surface area contributed by atoms with Crippen molar-refractivity contribution in [1.82, 2.24) is 0 Å². The summed E-state index contributed by atoms with van der Waals surface area (Å²) in [4.78, 5) is 0. The first-order valence-corrected chi connectivity index (χ1v) is 3.91. The van der Waals surface area contributed by atoms with Crippen LogP contribution in [0.25, 0.3) is 0 Å². The van der Waals surface area contributed by atoms with Crippen LogP contribution in [0.4, 0.5) is 5.69 Å². The third-order valence-corrected chi connectivity index (χ3v) is 1.87. The molecule has 0 saturated heterocycles. The van der Waals surface area contributed by atoms with Crippen molar-refractivity contribution in [2.24, 2.45) is 5.73 Å². The van der Waals surface area contributed by atoms with E-state index in [1.807, 2.05) is 18.2 Å². The van der Waals surface area contributed by atoms with Crippen LogP contribution in [0.15, 0.2) is 24.3 Å². The Morgan fingerprint density at radius 2 is 1.92 bits per heavy atom. The van der Waals surface area contributed by atoms with Crippen molar-refractivity contribution in [3.8, 4) is 0 Å². The van der Waals surface area contributed by atoms with Crippen molar-refractivity contribution >= 4 is 5.69 Å². The zero-order chi connectivity index (χ0) is 9.14. The minimum Gasteiger partial charge on any atom is -0.398 e. The van der Waals surface area contributed by atoms with Crippen molar-refractivity contribution in [2.75, 3.05) is 5.73 Å². The van der Waals surface area contributed by atoms with Crippen LogP contribution in [0.1, 0.15) is 18.5 Å². The van der Waals surface area contributed by atoms with Crippen LogP contribution in [0.2, 0.25) is 0 Å². The van der Waals surface area contributed by atoms with Crippen molar-refractivity contribution in [3.05, 3.63) is 29.8 Å². The first kappa shape index (κ1) is 9.03. The van der Waals surface area contributed by atoms with Crippen LogP contribution >= 0.6 is 0 Å². The molecule has 0 bridgehead atoms. The Balaban J connectivity index is 2.94. The Morgan fingerprint density at radius 1 is 1.33 bits per heavy atom. The van der Waals surface area contributed by atoms with Gasteiger partial charge in [0.1, 0.15) is 0 Å². The normalized spacial score (nSPS) is 15.6. The maximum absolute atomic E-state index is 9.22. The van der Waals surface area contributed by atoms with Gasteiger partial charge < -0.3 is 16.6 Å². The van der Waals surface area contributed by atoms with E-state index in [1.54, 1.807) is 13.0 Å². The third-order valence-electron chi connectivity index (χ3n) is 1.87. The molecule has 1 rings (SSSR count). The minimum atomic E-state index is -0.574. The summed E-state index contributed by atoms with van der Waals surface area (Å²) in [5.74, 6) is 0. The van der Waals surface area contributed by atoms with Crippen LogP contribution < -0.4 is 11.5 Å². The summed E-state index contributed by atoms with van der Waals surface area (Å²) in [7, 11) is 0. The van der Waals surface area contributed by atoms with Crippen molar-refractivity contribution in [1.29, 1.82) is 0 Å². The van der Waals surface area contributed by atoms with E-state index >= 15 is 0 Å². The van der Waals surface area contributed by atoms with Crippen molar-refractivity contribution in [2.45, 2.75) is 19.1 Å². The maximum atomic E-state index is 9.22. The SMILES string of the molecule is CC(O)C(N)c1ccccc1N. The number of benzene rings is 1. The largest absolute Gasteiger partial charge is 0.398 e. The van der Waals surface area contributed by atoms with Crippen LogP contribution in [-0.2, 0) is 0 Å². The molecule has 0 aliphatic heterocycles. The van der Waals surface area contributed by atoms with E-state index in [-0.39, 0.29) is 0 Å². The Bertz CT molecular complexity index is 260. The second-order valence-corrected chi connectivity index (χ2v) is 2.90. The lowest BCUT2D eigenvalue weighted by atomic mass is 10.0. The molecule has 66 valence electrons. The van der Waals surface area contributed by atoms with Gasteiger partial charge >= 0.3 is 0 Å². The number of nitrogens with two attached hydrogens (primary N) is 2. The summed E-state index contributed by atoms with van der Waals surface area (Å²) in [5.41, 5.74) is 12.8. The fourth-order valence-electron chi connectivity index (χ4n) is 1.07. The lowest BCUT2D eigenvalue weighted by Gasteiger charge is -2.16. The van der Waals surface area contributed by atoms with Crippen LogP contribution in [-0.4, -0.2) is 11.2 Å². The first-order chi connectivity index (χ1) is 5.63. The van der Waals surface area contributed by atoms with Gasteiger partial charge in [0.15, 0.2) is 0 Å². The Labute approximate surface area is 72.0 Å². The summed E-state index contributed by atoms with van der Waals surface area (Å²) in [6, 6.07) is 6.90. The zero-order valence-corrected chi connectivity index (χ0v) is 7.07. The van der Waals surface area contributed by atoms with Gasteiger partial charge in [-0.3, -0.25) is 0 Å². The molecule has 5 N–H and O–H groups in total. The van der Waals surface area contributed by atoms with Crippen LogP contribution in [0.3, 0.4) is 0 Å². The van der Waals surface area contributed by atoms with E-state index < -0.39 is 12.1 Å². The molecule has 2 unspecified atom stereocenters. The second kappa shape index (κ2) is 3.56. The van der Waals surface area contributed by atoms with Gasteiger partial charge in [-0.1, -0.05) is 18.2 Å². The van der Waals surface area contributed by atoms with E-state index in [2.05, 4.69) is 0 Å². The maximum Gasteiger partial charge on any atom is 0.0705 e. The molecule has 1 aromatic carbocycles. The molecular formula is C9H14N2O. The van der Waals surface area contributed by atoms with E-state index in [1.165, 1.54) is 0 Å². The number of anilines is 1. The fraction of sp³-hybridized carbons (Fsp3) is 0.333. The van der Waals surface area contributed by atoms with Crippen molar-refractivity contribution in [3.63, 3.8) is 0 Å². The van der Waals surface area contributed by atoms with Gasteiger partial charge in [0.25, 0.3) is 0 Å². The second-order valence-electron chi connectivity index (χ2n) is 2.90. The van der Waals surface area contributed by atoms with Crippen LogP contribution in [0, 0.1) is 0 Å². The minimum absolute atomic E-state index is 0.397. The number of aliphatic hydroxyl groups is 1. The molecule has 2 atom stereocenters. The highest BCUT2D eigenvalue weighted by molar-refractivity contribution is 5.48. The monoisotopic (exact) mass is 166 g/mol. The van der Waals surface area contributed by atoms with E-state index in [0.29, 0.717) is 5.69 Å². The highest BCUT2D eigenvalue weighted by Crippen LogP contribution is 2.20. The zero-order valence-electron chi connectivity index (χ0n) is 7.07. The number of hydrogen-bond acceptors (Lipinski definition) is 3. The van der Waals surface area contributed by atoms with Gasteiger partial charge in [-0.15, -0.1) is 0 Å². The third kappa shape index (κ3) is 1.75. The molecule has 0 amide bonds. The summed E-state index contributed by atoms with van der Waals surface area (Å²) in [5, 5.41) is 9.22. The average Bonchev–Trinajstić information content (AvgIpc) is 2.04. The van der Waals surface area contributed by atoms with Gasteiger partial charge in [0.2, 0.25) is 0 Å². The van der Waals surface area contributed by atoms with E-state index in [4.69, 9.17) is 11.5 Å². The number of hydrogen-bond donors (Lipinski definition) is 3. The lowest BCUT2D eigenvalue weighted by Crippen LogP contribution is -2.24. The molecule has 0 fully saturated rings. The fourth-order valence-corrected chi connectivity index (χ4v) is 1.07. The smallest absolute Gasteiger partial charge is 0.0705 e. The quantitative estimate of drug-likeness (QED) is 0.565. The molecule has 0 heterocycles. The number of rotatable bonds is 2. The standard InChI is InChI=1S/C9H14N2O/c1-6(12)9(11)7-4-2-3-5-8(7)10/h2-6,9,12H,10-11H2,1H3. The molecule has 0 aromatic heterocycles. The van der Waals surface area contributed by atoms with Crippen LogP contribution in [0.5, 0.6) is 0 Å². The molecule has 1 aromatic rings. The molecule has 0 saturated carbocycles. The molecule has 3 nitrogen and oxygen atoms in total. The molecular weight excluding hydrogens is 152 g/mol. The summed E-state index contributed by atoms with van der Waals surface area (Å²) in [6.07, 6.45) is -0.574. The molecule has 3 heteroatoms. The molecule has 0 radical (unpaired) electrons. The highest BCUT2D eigenvalue weighted by atomic mass is 16.3. The Kier molecular flexibility index (Phi) is 2.68. The van der Waals surface area contributed by atoms with Gasteiger partial charge in [-0.05, 0) is 18.6 Å². The number of aliphatic hydroxyl groups excluding tert-OH is 1. The predicted molar refractivity (Wildman–Crippen MR) is 49.5 cm³/mol. The summed E-state index contributed by atoms with van der Waals surface area (Å²) >= 11 is 0. The van der Waals surface area contributed by atoms with E-state index in [9.17, 15) is 5.11 Å². The molecule has 0 aliphatic carbocycles. The van der Waals surface area contributed by atoms with Crippen molar-refractivity contribution < 1.29 is 5.11 Å². The topological polar surface area (TPSA) is 72.3 Å². The predicted octanol–water partition coefficient (Wildman–Crippen LogP) is 0.649. The number of nitrogen functional groups attached to an aromatic ring is 1. The average molecular weight is 166 g/mol. The first-order valence-electron chi connectivity index (χ1n) is 3.91. The Hall–Kier alpha value is -1.06. The molecule has 0 spiro atoms. The molecule has 0 aliphatic rings. The van der Waals surface area contributed by atoms with Gasteiger partial charge in [-0.2, -0.15) is 0 Å². The molecule has 12 heavy (non-hydrogen) atoms. The Morgan fingerprint density at radius 3 is 2.42 bits per heavy atom. The summed E-state index contributed by atoms with van der Waals surface area (Å²) in [6.45, 7) is 1.65. The highest BCUT2D eigenvalue weighted by Gasteiger charge is 2.13. The number of para-hydroxylation sites is 1. The van der Waals surface area contributed by atoms with E-state index in [0.717, 1.165) is 5.56 Å². The van der Waals surface area contributed by atoms with Gasteiger partial charge in [-0.25, -0.2) is 0 Å².